The van der Waals surface area contributed by atoms with Crippen molar-refractivity contribution in [1.29, 1.82) is 0 Å². The van der Waals surface area contributed by atoms with Crippen LogP contribution in [0.1, 0.15) is 151 Å². The number of carbonyl (C=O) groups excluding carboxylic acids is 2. The second-order valence-corrected chi connectivity index (χ2v) is 24.2. The van der Waals surface area contributed by atoms with Crippen LogP contribution in [0.4, 0.5) is 0 Å². The lowest BCUT2D eigenvalue weighted by molar-refractivity contribution is -0.251. The molecule has 13 atom stereocenters. The molecule has 9 rings (SSSR count). The molecule has 2 heterocycles. The molecule has 340 valence electrons. The third-order valence-electron chi connectivity index (χ3n) is 20.8. The Labute approximate surface area is 372 Å². The van der Waals surface area contributed by atoms with Crippen LogP contribution in [0.5, 0.6) is 0 Å². The van der Waals surface area contributed by atoms with E-state index in [1.807, 2.05) is 13.8 Å². The van der Waals surface area contributed by atoms with E-state index in [1.54, 1.807) is 0 Å². The largest absolute Gasteiger partial charge is 0.481 e. The van der Waals surface area contributed by atoms with Gasteiger partial charge in [-0.2, -0.15) is 0 Å². The van der Waals surface area contributed by atoms with E-state index in [-0.39, 0.29) is 51.1 Å². The van der Waals surface area contributed by atoms with Crippen molar-refractivity contribution in [2.45, 2.75) is 158 Å². The number of hydrogen-bond acceptors (Lipinski definition) is 6. The maximum atomic E-state index is 15.8. The van der Waals surface area contributed by atoms with Gasteiger partial charge < -0.3 is 24.2 Å². The number of benzene rings is 1. The van der Waals surface area contributed by atoms with Gasteiger partial charge in [-0.3, -0.25) is 14.4 Å². The first-order valence-electron chi connectivity index (χ1n) is 24.6. The summed E-state index contributed by atoms with van der Waals surface area (Å²) < 4.78 is 8.90. The van der Waals surface area contributed by atoms with Crippen LogP contribution >= 0.6 is 0 Å². The van der Waals surface area contributed by atoms with Crippen molar-refractivity contribution in [3.8, 4) is 0 Å². The van der Waals surface area contributed by atoms with Gasteiger partial charge in [0.25, 0.3) is 0 Å². The predicted octanol–water partition coefficient (Wildman–Crippen LogP) is 10.6. The second-order valence-electron chi connectivity index (χ2n) is 24.2. The van der Waals surface area contributed by atoms with Crippen molar-refractivity contribution in [1.82, 2.24) is 19.4 Å². The summed E-state index contributed by atoms with van der Waals surface area (Å²) in [6.45, 7) is 25.9. The predicted molar refractivity (Wildman–Crippen MR) is 244 cm³/mol. The Morgan fingerprint density at radius 2 is 1.60 bits per heavy atom. The summed E-state index contributed by atoms with van der Waals surface area (Å²) in [6, 6.07) is 8.50. The standard InChI is InChI=1S/C53H78N4O5/c1-32(2)33-20-25-53(47(61)57-28-14-17-39(57)44-54-37-15-12-13-16-38(37)56(44)30-29-55(10)11)27-26-51(8)34(43(33)53)18-19-41-50(7)23-22-42(49(5,6)40(50)21-24-52(41,51)9)62-46(60)36-31-35(45(58)59)48(36,3)4/h12-13,15-16,33-36,39-43H,1,14,17-31H2,2-11H3,(H,58,59)/t33-,34+,35-,36+,39-,40-,41+,42-,43+,50-,51+,52+,53-/m0/s1. The Morgan fingerprint density at radius 1 is 0.855 bits per heavy atom. The Morgan fingerprint density at radius 3 is 2.29 bits per heavy atom. The van der Waals surface area contributed by atoms with Crippen LogP contribution in [0, 0.1) is 73.9 Å². The van der Waals surface area contributed by atoms with E-state index >= 15 is 4.79 Å². The number of fused-ring (bicyclic) bond motifs is 8. The zero-order valence-corrected chi connectivity index (χ0v) is 39.9. The van der Waals surface area contributed by atoms with E-state index in [2.05, 4.69) is 101 Å². The molecule has 0 spiro atoms. The number of ether oxygens (including phenoxy) is 1. The van der Waals surface area contributed by atoms with Crippen molar-refractivity contribution < 1.29 is 24.2 Å². The lowest BCUT2D eigenvalue weighted by atomic mass is 9.32. The zero-order valence-electron chi connectivity index (χ0n) is 39.9. The summed E-state index contributed by atoms with van der Waals surface area (Å²) in [6.07, 6.45) is 12.8. The number of likely N-dealkylation sites (N-methyl/N-ethyl adjacent to an activating group) is 1. The molecule has 9 nitrogen and oxygen atoms in total. The molecule has 1 N–H and O–H groups in total. The molecule has 7 fully saturated rings. The quantitative estimate of drug-likeness (QED) is 0.198. The Balaban J connectivity index is 0.986. The van der Waals surface area contributed by atoms with Gasteiger partial charge in [0.1, 0.15) is 11.9 Å². The fourth-order valence-electron chi connectivity index (χ4n) is 17.1. The van der Waals surface area contributed by atoms with Gasteiger partial charge in [-0.1, -0.05) is 72.8 Å². The molecule has 1 amide bonds. The highest BCUT2D eigenvalue weighted by atomic mass is 16.5. The van der Waals surface area contributed by atoms with Gasteiger partial charge in [0, 0.05) is 25.0 Å². The molecular weight excluding hydrogens is 773 g/mol. The molecule has 2 aromatic rings. The average molecular weight is 851 g/mol. The maximum Gasteiger partial charge on any atom is 0.309 e. The smallest absolute Gasteiger partial charge is 0.309 e. The van der Waals surface area contributed by atoms with Gasteiger partial charge in [0.2, 0.25) is 5.91 Å². The van der Waals surface area contributed by atoms with Crippen LogP contribution < -0.4 is 0 Å². The molecule has 7 aliphatic rings. The maximum absolute atomic E-state index is 15.8. The molecule has 0 radical (unpaired) electrons. The van der Waals surface area contributed by atoms with Crippen molar-refractivity contribution in [2.24, 2.45) is 73.9 Å². The van der Waals surface area contributed by atoms with Crippen LogP contribution in [-0.4, -0.2) is 75.6 Å². The SMILES string of the molecule is C=C(C)[C@@H]1CC[C@]2(C(=O)N3CCC[C@H]3c3nc4ccccc4n3CCN(C)C)CC[C@]3(C)[C@H](CC[C@@H]4[C@@]5(C)CC[C@H](OC(=O)[C@H]6C[C@@H](C(=O)O)C6(C)C)C(C)(C)[C@@H]5CC[C@]43C)[C@@H]12. The number of imidazole rings is 1. The first-order chi connectivity index (χ1) is 29.1. The molecular formula is C53H78N4O5. The molecule has 0 unspecified atom stereocenters. The van der Waals surface area contributed by atoms with Crippen LogP contribution in [0.25, 0.3) is 11.0 Å². The number of aliphatic carboxylic acids is 1. The molecule has 1 aliphatic heterocycles. The minimum absolute atomic E-state index is 0.00706. The number of likely N-dealkylation sites (tertiary alicyclic amines) is 1. The zero-order chi connectivity index (χ0) is 44.5. The number of allylic oxidation sites excluding steroid dienone is 1. The minimum Gasteiger partial charge on any atom is -0.481 e. The van der Waals surface area contributed by atoms with E-state index in [9.17, 15) is 14.7 Å². The second kappa shape index (κ2) is 14.9. The van der Waals surface area contributed by atoms with Gasteiger partial charge in [-0.25, -0.2) is 4.98 Å². The van der Waals surface area contributed by atoms with Gasteiger partial charge in [0.15, 0.2) is 0 Å². The molecule has 1 aromatic carbocycles. The highest BCUT2D eigenvalue weighted by Crippen LogP contribution is 2.78. The number of nitrogens with zero attached hydrogens (tertiary/aromatic N) is 4. The van der Waals surface area contributed by atoms with E-state index in [1.165, 1.54) is 12.0 Å². The summed E-state index contributed by atoms with van der Waals surface area (Å²) in [5.41, 5.74) is 2.64. The van der Waals surface area contributed by atoms with Crippen LogP contribution in [0.3, 0.4) is 0 Å². The van der Waals surface area contributed by atoms with Gasteiger partial charge in [-0.05, 0) is 168 Å². The molecule has 6 saturated carbocycles. The Bertz CT molecular complexity index is 2140. The Hall–Kier alpha value is -3.20. The van der Waals surface area contributed by atoms with E-state index in [4.69, 9.17) is 9.72 Å². The minimum atomic E-state index is -0.816. The summed E-state index contributed by atoms with van der Waals surface area (Å²) in [5.74, 6) is 1.68. The number of rotatable bonds is 9. The van der Waals surface area contributed by atoms with Gasteiger partial charge in [0.05, 0.1) is 34.3 Å². The fourth-order valence-corrected chi connectivity index (χ4v) is 17.1. The van der Waals surface area contributed by atoms with Crippen molar-refractivity contribution >= 4 is 28.9 Å². The topological polar surface area (TPSA) is 105 Å². The third-order valence-corrected chi connectivity index (χ3v) is 20.8. The Kier molecular flexibility index (Phi) is 10.6. The van der Waals surface area contributed by atoms with Gasteiger partial charge in [-0.15, -0.1) is 0 Å². The number of carboxylic acids is 1. The number of carbonyl (C=O) groups is 3. The van der Waals surface area contributed by atoms with Crippen LogP contribution in [-0.2, 0) is 25.7 Å². The van der Waals surface area contributed by atoms with E-state index in [0.717, 1.165) is 107 Å². The number of esters is 1. The summed E-state index contributed by atoms with van der Waals surface area (Å²) >= 11 is 0. The molecule has 1 aromatic heterocycles. The normalized spacial score (nSPS) is 41.7. The lowest BCUT2D eigenvalue weighted by Gasteiger charge is -2.73. The average Bonchev–Trinajstić information content (AvgIpc) is 3.94. The number of para-hydroxylation sites is 2. The number of carboxylic acid groups (broad SMARTS) is 1. The monoisotopic (exact) mass is 851 g/mol. The van der Waals surface area contributed by atoms with E-state index in [0.29, 0.717) is 41.9 Å². The van der Waals surface area contributed by atoms with Crippen LogP contribution in [0.2, 0.25) is 0 Å². The van der Waals surface area contributed by atoms with E-state index < -0.39 is 17.3 Å². The van der Waals surface area contributed by atoms with Crippen molar-refractivity contribution in [2.75, 3.05) is 27.2 Å². The first-order valence-corrected chi connectivity index (χ1v) is 24.6. The van der Waals surface area contributed by atoms with Crippen LogP contribution in [0.15, 0.2) is 36.4 Å². The highest BCUT2D eigenvalue weighted by Gasteiger charge is 2.72. The number of hydrogen-bond donors (Lipinski definition) is 1. The number of aromatic nitrogens is 2. The third kappa shape index (κ3) is 6.13. The lowest BCUT2D eigenvalue weighted by Crippen LogP contribution is -2.67. The fraction of sp³-hybridized carbons (Fsp3) is 0.774. The summed E-state index contributed by atoms with van der Waals surface area (Å²) in [4.78, 5) is 51.3. The molecule has 0 bridgehead atoms. The van der Waals surface area contributed by atoms with Crippen molar-refractivity contribution in [3.63, 3.8) is 0 Å². The van der Waals surface area contributed by atoms with Crippen molar-refractivity contribution in [3.05, 3.63) is 42.2 Å². The molecule has 62 heavy (non-hydrogen) atoms. The summed E-state index contributed by atoms with van der Waals surface area (Å²) in [5, 5.41) is 9.73. The van der Waals surface area contributed by atoms with Gasteiger partial charge >= 0.3 is 11.9 Å². The number of amides is 1. The molecule has 9 heteroatoms. The molecule has 6 aliphatic carbocycles. The first kappa shape index (κ1) is 44.0. The highest BCUT2D eigenvalue weighted by molar-refractivity contribution is 5.85. The molecule has 1 saturated heterocycles. The summed E-state index contributed by atoms with van der Waals surface area (Å²) in [7, 11) is 4.25.